The molecule has 106 valence electrons. The molecule has 1 aliphatic heterocycles. The molecule has 1 saturated heterocycles. The largest absolute Gasteiger partial charge is 0.387 e. The van der Waals surface area contributed by atoms with Crippen LogP contribution in [0.3, 0.4) is 0 Å². The van der Waals surface area contributed by atoms with Gasteiger partial charge in [0.2, 0.25) is 0 Å². The first-order valence-corrected chi connectivity index (χ1v) is 7.06. The van der Waals surface area contributed by atoms with Gasteiger partial charge in [-0.3, -0.25) is 9.88 Å². The van der Waals surface area contributed by atoms with E-state index in [2.05, 4.69) is 28.9 Å². The maximum atomic E-state index is 10.7. The first-order valence-electron chi connectivity index (χ1n) is 7.06. The third-order valence-corrected chi connectivity index (χ3v) is 4.24. The topological polar surface area (TPSA) is 39.6 Å². The fourth-order valence-electron chi connectivity index (χ4n) is 2.87. The normalized spacial score (nSPS) is 23.1. The van der Waals surface area contributed by atoms with Crippen LogP contribution in [0.4, 0.5) is 0 Å². The van der Waals surface area contributed by atoms with E-state index >= 15 is 0 Å². The lowest BCUT2D eigenvalue weighted by molar-refractivity contribution is 0.0139. The van der Waals surface area contributed by atoms with Gasteiger partial charge in [0.15, 0.2) is 0 Å². The van der Waals surface area contributed by atoms with Crippen molar-refractivity contribution in [3.8, 4) is 0 Å². The number of rotatable bonds is 2. The molecule has 4 heteroatoms. The molecule has 4 nitrogen and oxygen atoms in total. The number of piperazine rings is 1. The number of benzene rings is 1. The molecule has 0 saturated carbocycles. The lowest BCUT2D eigenvalue weighted by atomic mass is 9.98. The standard InChI is InChI=1S/C16H21N3O/c1-18-8-9-19(2)15(11-18)16(20)13-6-5-12-4-3-7-17-14(12)10-13/h3-7,10,15-16,20H,8-9,11H2,1-2H3. The molecule has 0 aliphatic carbocycles. The number of hydrogen-bond acceptors (Lipinski definition) is 4. The lowest BCUT2D eigenvalue weighted by Crippen LogP contribution is -2.52. The third-order valence-electron chi connectivity index (χ3n) is 4.24. The van der Waals surface area contributed by atoms with Gasteiger partial charge in [0.1, 0.15) is 0 Å². The van der Waals surface area contributed by atoms with Gasteiger partial charge in [0, 0.05) is 31.2 Å². The van der Waals surface area contributed by atoms with Crippen LogP contribution in [0.1, 0.15) is 11.7 Å². The van der Waals surface area contributed by atoms with E-state index in [1.54, 1.807) is 6.20 Å². The van der Waals surface area contributed by atoms with Crippen LogP contribution in [-0.4, -0.2) is 59.7 Å². The first-order chi connectivity index (χ1) is 9.65. The smallest absolute Gasteiger partial charge is 0.0958 e. The zero-order chi connectivity index (χ0) is 14.1. The van der Waals surface area contributed by atoms with E-state index in [0.29, 0.717) is 0 Å². The molecule has 0 radical (unpaired) electrons. The Balaban J connectivity index is 1.89. The summed E-state index contributed by atoms with van der Waals surface area (Å²) < 4.78 is 0. The first kappa shape index (κ1) is 13.5. The molecule has 1 N–H and O–H groups in total. The summed E-state index contributed by atoms with van der Waals surface area (Å²) in [4.78, 5) is 8.88. The molecule has 3 rings (SSSR count). The maximum absolute atomic E-state index is 10.7. The van der Waals surface area contributed by atoms with Crippen LogP contribution in [0.5, 0.6) is 0 Å². The SMILES string of the molecule is CN1CCN(C)C(C(O)c2ccc3cccnc3c2)C1. The van der Waals surface area contributed by atoms with Gasteiger partial charge in [-0.15, -0.1) is 0 Å². The van der Waals surface area contributed by atoms with Crippen molar-refractivity contribution >= 4 is 10.9 Å². The van der Waals surface area contributed by atoms with Crippen LogP contribution in [0.25, 0.3) is 10.9 Å². The Morgan fingerprint density at radius 1 is 1.25 bits per heavy atom. The molecular weight excluding hydrogens is 250 g/mol. The van der Waals surface area contributed by atoms with Gasteiger partial charge in [0.25, 0.3) is 0 Å². The van der Waals surface area contributed by atoms with Gasteiger partial charge in [0.05, 0.1) is 17.7 Å². The fourth-order valence-corrected chi connectivity index (χ4v) is 2.87. The number of nitrogens with zero attached hydrogens (tertiary/aromatic N) is 3. The monoisotopic (exact) mass is 271 g/mol. The van der Waals surface area contributed by atoms with E-state index in [1.807, 2.05) is 30.3 Å². The van der Waals surface area contributed by atoms with Crippen molar-refractivity contribution in [2.24, 2.45) is 0 Å². The molecule has 1 aliphatic rings. The summed E-state index contributed by atoms with van der Waals surface area (Å²) in [5.74, 6) is 0. The Morgan fingerprint density at radius 3 is 2.95 bits per heavy atom. The number of aromatic nitrogens is 1. The molecule has 2 atom stereocenters. The van der Waals surface area contributed by atoms with Crippen LogP contribution in [0.15, 0.2) is 36.5 Å². The lowest BCUT2D eigenvalue weighted by Gasteiger charge is -2.40. The van der Waals surface area contributed by atoms with Crippen LogP contribution < -0.4 is 0 Å². The summed E-state index contributed by atoms with van der Waals surface area (Å²) in [6, 6.07) is 10.2. The molecular formula is C16H21N3O. The van der Waals surface area contributed by atoms with Crippen molar-refractivity contribution < 1.29 is 5.11 Å². The number of likely N-dealkylation sites (N-methyl/N-ethyl adjacent to an activating group) is 2. The minimum absolute atomic E-state index is 0.134. The van der Waals surface area contributed by atoms with Crippen molar-refractivity contribution in [2.45, 2.75) is 12.1 Å². The van der Waals surface area contributed by atoms with E-state index < -0.39 is 6.10 Å². The second-order valence-corrected chi connectivity index (χ2v) is 5.71. The van der Waals surface area contributed by atoms with Crippen molar-refractivity contribution in [2.75, 3.05) is 33.7 Å². The Hall–Kier alpha value is -1.49. The molecule has 0 bridgehead atoms. The van der Waals surface area contributed by atoms with E-state index in [9.17, 15) is 5.11 Å². The highest BCUT2D eigenvalue weighted by Crippen LogP contribution is 2.25. The molecule has 2 heterocycles. The van der Waals surface area contributed by atoms with Crippen molar-refractivity contribution in [1.29, 1.82) is 0 Å². The predicted molar refractivity (Wildman–Crippen MR) is 80.6 cm³/mol. The highest BCUT2D eigenvalue weighted by atomic mass is 16.3. The summed E-state index contributed by atoms with van der Waals surface area (Å²) >= 11 is 0. The summed E-state index contributed by atoms with van der Waals surface area (Å²) in [5, 5.41) is 11.8. The molecule has 1 aromatic heterocycles. The van der Waals surface area contributed by atoms with E-state index in [1.165, 1.54) is 0 Å². The molecule has 1 aromatic carbocycles. The number of pyridine rings is 1. The van der Waals surface area contributed by atoms with Crippen LogP contribution in [0, 0.1) is 0 Å². The molecule has 1 fully saturated rings. The van der Waals surface area contributed by atoms with Gasteiger partial charge in [-0.1, -0.05) is 18.2 Å². The number of fused-ring (bicyclic) bond motifs is 1. The summed E-state index contributed by atoms with van der Waals surface area (Å²) in [7, 11) is 4.19. The second kappa shape index (κ2) is 5.48. The fraction of sp³-hybridized carbons (Fsp3) is 0.438. The maximum Gasteiger partial charge on any atom is 0.0958 e. The molecule has 2 aromatic rings. The van der Waals surface area contributed by atoms with Gasteiger partial charge < -0.3 is 10.0 Å². The molecule has 0 amide bonds. The van der Waals surface area contributed by atoms with Crippen LogP contribution in [-0.2, 0) is 0 Å². The zero-order valence-corrected chi connectivity index (χ0v) is 12.0. The Bertz CT molecular complexity index is 601. The van der Waals surface area contributed by atoms with Crippen LogP contribution >= 0.6 is 0 Å². The minimum atomic E-state index is -0.478. The average Bonchev–Trinajstić information content (AvgIpc) is 2.48. The summed E-state index contributed by atoms with van der Waals surface area (Å²) in [5.41, 5.74) is 1.89. The summed E-state index contributed by atoms with van der Waals surface area (Å²) in [6.45, 7) is 2.93. The van der Waals surface area contributed by atoms with E-state index in [-0.39, 0.29) is 6.04 Å². The Kier molecular flexibility index (Phi) is 3.70. The van der Waals surface area contributed by atoms with Gasteiger partial charge >= 0.3 is 0 Å². The minimum Gasteiger partial charge on any atom is -0.387 e. The van der Waals surface area contributed by atoms with E-state index in [0.717, 1.165) is 36.1 Å². The Labute approximate surface area is 119 Å². The number of aliphatic hydroxyl groups is 1. The molecule has 0 spiro atoms. The molecule has 2 unspecified atom stereocenters. The van der Waals surface area contributed by atoms with Gasteiger partial charge in [-0.05, 0) is 31.8 Å². The number of hydrogen-bond donors (Lipinski definition) is 1. The highest BCUT2D eigenvalue weighted by molar-refractivity contribution is 5.78. The van der Waals surface area contributed by atoms with Crippen molar-refractivity contribution in [3.05, 3.63) is 42.1 Å². The zero-order valence-electron chi connectivity index (χ0n) is 12.0. The molecule has 20 heavy (non-hydrogen) atoms. The quantitative estimate of drug-likeness (QED) is 0.899. The van der Waals surface area contributed by atoms with E-state index in [4.69, 9.17) is 0 Å². The van der Waals surface area contributed by atoms with Crippen LogP contribution in [0.2, 0.25) is 0 Å². The van der Waals surface area contributed by atoms with Gasteiger partial charge in [-0.2, -0.15) is 0 Å². The van der Waals surface area contributed by atoms with Crippen molar-refractivity contribution in [1.82, 2.24) is 14.8 Å². The van der Waals surface area contributed by atoms with Crippen molar-refractivity contribution in [3.63, 3.8) is 0 Å². The Morgan fingerprint density at radius 2 is 2.10 bits per heavy atom. The number of aliphatic hydroxyl groups excluding tert-OH is 1. The predicted octanol–water partition coefficient (Wildman–Crippen LogP) is 1.51. The highest BCUT2D eigenvalue weighted by Gasteiger charge is 2.29. The third kappa shape index (κ3) is 2.54. The second-order valence-electron chi connectivity index (χ2n) is 5.71. The average molecular weight is 271 g/mol. The summed E-state index contributed by atoms with van der Waals surface area (Å²) in [6.07, 6.45) is 1.31. The van der Waals surface area contributed by atoms with Gasteiger partial charge in [-0.25, -0.2) is 0 Å².